The Kier molecular flexibility index (Phi) is 6.16. The summed E-state index contributed by atoms with van der Waals surface area (Å²) in [6.45, 7) is 0.604. The fraction of sp³-hybridized carbons (Fsp3) is 0.353. The normalized spacial score (nSPS) is 12.8. The topological polar surface area (TPSA) is 98.5 Å². The minimum atomic E-state index is -3.12. The van der Waals surface area contributed by atoms with E-state index in [4.69, 9.17) is 10.5 Å². The largest absolute Gasteiger partial charge is 0.491 e. The molecule has 130 valence electrons. The number of ether oxygens (including phenoxy) is 1. The van der Waals surface area contributed by atoms with Crippen LogP contribution in [0.1, 0.15) is 6.42 Å². The van der Waals surface area contributed by atoms with Crippen molar-refractivity contribution in [2.24, 2.45) is 5.73 Å². The molecule has 7 heteroatoms. The Hall–Kier alpha value is -2.12. The molecule has 24 heavy (non-hydrogen) atoms. The quantitative estimate of drug-likeness (QED) is 0.695. The van der Waals surface area contributed by atoms with Crippen LogP contribution in [0.3, 0.4) is 0 Å². The highest BCUT2D eigenvalue weighted by Crippen LogP contribution is 2.24. The molecule has 2 aromatic rings. The Bertz CT molecular complexity index is 800. The molecule has 0 saturated carbocycles. The van der Waals surface area contributed by atoms with Crippen molar-refractivity contribution >= 4 is 26.5 Å². The number of nitrogens with two attached hydrogens (primary N) is 1. The summed E-state index contributed by atoms with van der Waals surface area (Å²) < 4.78 is 27.9. The van der Waals surface area contributed by atoms with Gasteiger partial charge in [-0.05, 0) is 17.9 Å². The first kappa shape index (κ1) is 18.2. The van der Waals surface area contributed by atoms with Crippen molar-refractivity contribution in [3.8, 4) is 5.75 Å². The Morgan fingerprint density at radius 2 is 1.92 bits per heavy atom. The highest BCUT2D eigenvalue weighted by atomic mass is 32.2. The van der Waals surface area contributed by atoms with E-state index in [0.717, 1.165) is 22.8 Å². The lowest BCUT2D eigenvalue weighted by molar-refractivity contribution is -0.122. The zero-order chi connectivity index (χ0) is 17.6. The standard InChI is InChI=1S/C17H22N2O4S/c1-24(21,22)12-9-15(18)17(20)19-10-11-23-16-8-4-6-13-5-2-3-7-14(13)16/h2-8,15H,9-12,18H2,1H3,(H,19,20). The number of nitrogens with one attached hydrogen (secondary N) is 1. The third-order valence-corrected chi connectivity index (χ3v) is 4.52. The van der Waals surface area contributed by atoms with Crippen molar-refractivity contribution in [2.75, 3.05) is 25.2 Å². The van der Waals surface area contributed by atoms with E-state index in [2.05, 4.69) is 5.32 Å². The lowest BCUT2D eigenvalue weighted by Crippen LogP contribution is -2.42. The minimum Gasteiger partial charge on any atom is -0.491 e. The van der Waals surface area contributed by atoms with Gasteiger partial charge in [0.1, 0.15) is 22.2 Å². The zero-order valence-corrected chi connectivity index (χ0v) is 14.4. The number of carbonyl (C=O) groups excluding carboxylic acids is 1. The fourth-order valence-corrected chi connectivity index (χ4v) is 2.94. The molecule has 1 unspecified atom stereocenters. The first-order chi connectivity index (χ1) is 11.4. The van der Waals surface area contributed by atoms with Gasteiger partial charge in [-0.2, -0.15) is 0 Å². The van der Waals surface area contributed by atoms with Gasteiger partial charge in [-0.3, -0.25) is 4.79 Å². The molecule has 0 aliphatic rings. The summed E-state index contributed by atoms with van der Waals surface area (Å²) in [6.07, 6.45) is 1.23. The molecule has 1 atom stereocenters. The zero-order valence-electron chi connectivity index (χ0n) is 13.6. The Balaban J connectivity index is 1.79. The van der Waals surface area contributed by atoms with E-state index in [1.807, 2.05) is 42.5 Å². The number of fused-ring (bicyclic) bond motifs is 1. The minimum absolute atomic E-state index is 0.103. The highest BCUT2D eigenvalue weighted by Gasteiger charge is 2.15. The van der Waals surface area contributed by atoms with Gasteiger partial charge in [-0.25, -0.2) is 8.42 Å². The molecule has 2 aromatic carbocycles. The molecular weight excluding hydrogens is 328 g/mol. The molecule has 0 radical (unpaired) electrons. The molecule has 6 nitrogen and oxygen atoms in total. The lowest BCUT2D eigenvalue weighted by atomic mass is 10.1. The van der Waals surface area contributed by atoms with Crippen LogP contribution in [0.15, 0.2) is 42.5 Å². The molecule has 0 saturated heterocycles. The predicted molar refractivity (Wildman–Crippen MR) is 94.8 cm³/mol. The number of rotatable bonds is 8. The summed E-state index contributed by atoms with van der Waals surface area (Å²) in [5.41, 5.74) is 5.67. The van der Waals surface area contributed by atoms with Gasteiger partial charge < -0.3 is 15.8 Å². The van der Waals surface area contributed by atoms with Crippen LogP contribution in [0.5, 0.6) is 5.75 Å². The molecule has 2 rings (SSSR count). The van der Waals surface area contributed by atoms with Crippen LogP contribution in [0.2, 0.25) is 0 Å². The smallest absolute Gasteiger partial charge is 0.237 e. The van der Waals surface area contributed by atoms with Gasteiger partial charge in [0.2, 0.25) is 5.91 Å². The van der Waals surface area contributed by atoms with Crippen molar-refractivity contribution in [3.05, 3.63) is 42.5 Å². The molecule has 0 aliphatic carbocycles. The molecule has 0 spiro atoms. The third kappa shape index (κ3) is 5.50. The first-order valence-electron chi connectivity index (χ1n) is 7.68. The highest BCUT2D eigenvalue weighted by molar-refractivity contribution is 7.90. The summed E-state index contributed by atoms with van der Waals surface area (Å²) in [5.74, 6) is 0.276. The van der Waals surface area contributed by atoms with Crippen LogP contribution in [0, 0.1) is 0 Å². The maximum atomic E-state index is 11.8. The van der Waals surface area contributed by atoms with Gasteiger partial charge in [-0.1, -0.05) is 36.4 Å². The third-order valence-electron chi connectivity index (χ3n) is 3.54. The van der Waals surface area contributed by atoms with E-state index in [1.54, 1.807) is 0 Å². The second-order valence-electron chi connectivity index (χ2n) is 5.64. The Morgan fingerprint density at radius 1 is 1.21 bits per heavy atom. The molecule has 3 N–H and O–H groups in total. The van der Waals surface area contributed by atoms with E-state index >= 15 is 0 Å². The summed E-state index contributed by atoms with van der Waals surface area (Å²) >= 11 is 0. The van der Waals surface area contributed by atoms with Crippen molar-refractivity contribution < 1.29 is 17.9 Å². The van der Waals surface area contributed by atoms with Crippen molar-refractivity contribution in [3.63, 3.8) is 0 Å². The molecule has 0 aliphatic heterocycles. The van der Waals surface area contributed by atoms with Crippen LogP contribution in [0.25, 0.3) is 10.8 Å². The van der Waals surface area contributed by atoms with Crippen LogP contribution in [-0.2, 0) is 14.6 Å². The summed E-state index contributed by atoms with van der Waals surface area (Å²) in [7, 11) is -3.12. The number of benzene rings is 2. The van der Waals surface area contributed by atoms with E-state index in [-0.39, 0.29) is 18.1 Å². The van der Waals surface area contributed by atoms with Gasteiger partial charge in [0.15, 0.2) is 0 Å². The van der Waals surface area contributed by atoms with Crippen LogP contribution >= 0.6 is 0 Å². The number of hydrogen-bond donors (Lipinski definition) is 2. The molecule has 0 heterocycles. The average Bonchev–Trinajstić information content (AvgIpc) is 2.55. The van der Waals surface area contributed by atoms with Crippen LogP contribution < -0.4 is 15.8 Å². The molecular formula is C17H22N2O4S. The maximum Gasteiger partial charge on any atom is 0.237 e. The molecule has 0 aromatic heterocycles. The monoisotopic (exact) mass is 350 g/mol. The van der Waals surface area contributed by atoms with Crippen LogP contribution in [0.4, 0.5) is 0 Å². The van der Waals surface area contributed by atoms with Crippen molar-refractivity contribution in [1.82, 2.24) is 5.32 Å². The lowest BCUT2D eigenvalue weighted by Gasteiger charge is -2.13. The summed E-state index contributed by atoms with van der Waals surface area (Å²) in [6, 6.07) is 12.8. The van der Waals surface area contributed by atoms with Gasteiger partial charge in [0.05, 0.1) is 18.3 Å². The van der Waals surface area contributed by atoms with Gasteiger partial charge in [0, 0.05) is 11.6 Å². The van der Waals surface area contributed by atoms with E-state index in [9.17, 15) is 13.2 Å². The SMILES string of the molecule is CS(=O)(=O)CCC(N)C(=O)NCCOc1cccc2ccccc12. The van der Waals surface area contributed by atoms with Crippen molar-refractivity contribution in [1.29, 1.82) is 0 Å². The summed E-state index contributed by atoms with van der Waals surface area (Å²) in [5, 5.41) is 4.75. The van der Waals surface area contributed by atoms with Gasteiger partial charge >= 0.3 is 0 Å². The second kappa shape index (κ2) is 8.12. The Labute approximate surface area is 141 Å². The average molecular weight is 350 g/mol. The van der Waals surface area contributed by atoms with Gasteiger partial charge in [0.25, 0.3) is 0 Å². The van der Waals surface area contributed by atoms with Gasteiger partial charge in [-0.15, -0.1) is 0 Å². The van der Waals surface area contributed by atoms with E-state index < -0.39 is 15.9 Å². The maximum absolute atomic E-state index is 11.8. The number of hydrogen-bond acceptors (Lipinski definition) is 5. The Morgan fingerprint density at radius 3 is 2.67 bits per heavy atom. The fourth-order valence-electron chi connectivity index (χ4n) is 2.26. The predicted octanol–water partition coefficient (Wildman–Crippen LogP) is 1.10. The molecule has 1 amide bonds. The molecule has 0 fully saturated rings. The summed E-state index contributed by atoms with van der Waals surface area (Å²) in [4.78, 5) is 11.8. The van der Waals surface area contributed by atoms with E-state index in [0.29, 0.717) is 13.2 Å². The number of carbonyl (C=O) groups is 1. The first-order valence-corrected chi connectivity index (χ1v) is 9.74. The van der Waals surface area contributed by atoms with Crippen LogP contribution in [-0.4, -0.2) is 45.5 Å². The number of sulfone groups is 1. The van der Waals surface area contributed by atoms with E-state index in [1.165, 1.54) is 0 Å². The number of amides is 1. The second-order valence-corrected chi connectivity index (χ2v) is 7.90. The van der Waals surface area contributed by atoms with Crippen molar-refractivity contribution in [2.45, 2.75) is 12.5 Å². The molecule has 0 bridgehead atoms.